The first kappa shape index (κ1) is 19.6. The predicted octanol–water partition coefficient (Wildman–Crippen LogP) is 5.56. The largest absolute Gasteiger partial charge is 0.388 e. The zero-order valence-electron chi connectivity index (χ0n) is 16.4. The summed E-state index contributed by atoms with van der Waals surface area (Å²) >= 11 is 0. The van der Waals surface area contributed by atoms with Gasteiger partial charge in [0.1, 0.15) is 0 Å². The summed E-state index contributed by atoms with van der Waals surface area (Å²) in [5, 5.41) is 25.6. The van der Waals surface area contributed by atoms with Crippen molar-refractivity contribution >= 4 is 21.5 Å². The molecule has 0 amide bonds. The maximum atomic E-state index is 10.6. The lowest BCUT2D eigenvalue weighted by atomic mass is 9.99. The molecule has 148 valence electrons. The molecule has 0 bridgehead atoms. The number of aliphatic hydroxyl groups excluding tert-OH is 2. The smallest absolute Gasteiger partial charge is 0.0818 e. The van der Waals surface area contributed by atoms with Crippen molar-refractivity contribution in [1.82, 2.24) is 0 Å². The fraction of sp³-hybridized carbons (Fsp3) is 0.231. The van der Waals surface area contributed by atoms with Gasteiger partial charge in [-0.15, -0.1) is 0 Å². The molecular formula is C26H26O3. The van der Waals surface area contributed by atoms with Crippen LogP contribution >= 0.6 is 0 Å². The van der Waals surface area contributed by atoms with E-state index in [9.17, 15) is 10.2 Å². The Morgan fingerprint density at radius 2 is 0.966 bits per heavy atom. The second-order valence-electron chi connectivity index (χ2n) is 7.36. The van der Waals surface area contributed by atoms with E-state index in [0.29, 0.717) is 26.1 Å². The zero-order valence-corrected chi connectivity index (χ0v) is 16.4. The summed E-state index contributed by atoms with van der Waals surface area (Å²) in [7, 11) is 0. The molecule has 0 fully saturated rings. The van der Waals surface area contributed by atoms with Crippen LogP contribution in [0.15, 0.2) is 84.9 Å². The average molecular weight is 386 g/mol. The van der Waals surface area contributed by atoms with E-state index in [0.717, 1.165) is 32.7 Å². The van der Waals surface area contributed by atoms with Crippen molar-refractivity contribution in [2.24, 2.45) is 0 Å². The summed E-state index contributed by atoms with van der Waals surface area (Å²) in [5.74, 6) is 0. The van der Waals surface area contributed by atoms with Gasteiger partial charge < -0.3 is 14.9 Å². The van der Waals surface area contributed by atoms with E-state index in [4.69, 9.17) is 4.74 Å². The van der Waals surface area contributed by atoms with E-state index >= 15 is 0 Å². The third-order valence-electron chi connectivity index (χ3n) is 5.44. The Kier molecular flexibility index (Phi) is 6.20. The highest BCUT2D eigenvalue weighted by molar-refractivity contribution is 5.86. The van der Waals surface area contributed by atoms with Crippen molar-refractivity contribution in [3.63, 3.8) is 0 Å². The van der Waals surface area contributed by atoms with Crippen LogP contribution in [-0.4, -0.2) is 23.4 Å². The van der Waals surface area contributed by atoms with Gasteiger partial charge in [0.15, 0.2) is 0 Å². The van der Waals surface area contributed by atoms with Crippen LogP contribution in [0.2, 0.25) is 0 Å². The van der Waals surface area contributed by atoms with Gasteiger partial charge >= 0.3 is 0 Å². The first-order valence-electron chi connectivity index (χ1n) is 10.1. The summed E-state index contributed by atoms with van der Waals surface area (Å²) < 4.78 is 5.72. The minimum absolute atomic E-state index is 0.451. The van der Waals surface area contributed by atoms with Crippen LogP contribution in [0.4, 0.5) is 0 Å². The minimum Gasteiger partial charge on any atom is -0.388 e. The van der Waals surface area contributed by atoms with Crippen molar-refractivity contribution in [3.8, 4) is 0 Å². The highest BCUT2D eigenvalue weighted by atomic mass is 16.5. The lowest BCUT2D eigenvalue weighted by Gasteiger charge is -2.16. The van der Waals surface area contributed by atoms with Crippen LogP contribution in [0.3, 0.4) is 0 Å². The molecule has 4 rings (SSSR count). The van der Waals surface area contributed by atoms with E-state index < -0.39 is 12.2 Å². The van der Waals surface area contributed by atoms with Crippen LogP contribution in [0.25, 0.3) is 21.5 Å². The van der Waals surface area contributed by atoms with E-state index in [-0.39, 0.29) is 0 Å². The topological polar surface area (TPSA) is 49.7 Å². The third-order valence-corrected chi connectivity index (χ3v) is 5.44. The summed E-state index contributed by atoms with van der Waals surface area (Å²) in [6.45, 7) is 0.902. The summed E-state index contributed by atoms with van der Waals surface area (Å²) in [5.41, 5.74) is 1.87. The highest BCUT2D eigenvalue weighted by Gasteiger charge is 2.13. The fourth-order valence-corrected chi connectivity index (χ4v) is 3.89. The maximum Gasteiger partial charge on any atom is 0.0818 e. The van der Waals surface area contributed by atoms with Crippen molar-refractivity contribution in [2.45, 2.75) is 25.0 Å². The summed E-state index contributed by atoms with van der Waals surface area (Å²) in [4.78, 5) is 0. The Morgan fingerprint density at radius 3 is 1.45 bits per heavy atom. The normalized spacial score (nSPS) is 13.6. The molecule has 2 atom stereocenters. The molecule has 2 unspecified atom stereocenters. The molecule has 2 N–H and O–H groups in total. The SMILES string of the molecule is OC(CCOCCC(O)c1cccc2ccccc12)c1cccc2ccccc12. The van der Waals surface area contributed by atoms with Gasteiger partial charge in [-0.1, -0.05) is 84.9 Å². The zero-order chi connectivity index (χ0) is 20.1. The van der Waals surface area contributed by atoms with Crippen LogP contribution in [0.1, 0.15) is 36.2 Å². The lowest BCUT2D eigenvalue weighted by molar-refractivity contribution is 0.0577. The van der Waals surface area contributed by atoms with E-state index in [2.05, 4.69) is 24.3 Å². The summed E-state index contributed by atoms with van der Waals surface area (Å²) in [6, 6.07) is 28.2. The minimum atomic E-state index is -0.566. The molecule has 0 saturated heterocycles. The van der Waals surface area contributed by atoms with Gasteiger partial charge in [0.25, 0.3) is 0 Å². The standard InChI is InChI=1S/C26H26O3/c27-25(23-13-5-9-19-7-1-3-11-21(19)23)15-17-29-18-16-26(28)24-14-6-10-20-8-2-4-12-22(20)24/h1-14,25-28H,15-18H2. The molecule has 0 aromatic heterocycles. The Balaban J connectivity index is 1.29. The molecular weight excluding hydrogens is 360 g/mol. The summed E-state index contributed by atoms with van der Waals surface area (Å²) in [6.07, 6.45) is -0.0790. The number of benzene rings is 4. The van der Waals surface area contributed by atoms with Gasteiger partial charge in [-0.2, -0.15) is 0 Å². The molecule has 3 nitrogen and oxygen atoms in total. The quantitative estimate of drug-likeness (QED) is 0.390. The number of rotatable bonds is 8. The molecule has 0 aliphatic carbocycles. The molecule has 0 aliphatic rings. The molecule has 4 aromatic carbocycles. The van der Waals surface area contributed by atoms with Crippen LogP contribution < -0.4 is 0 Å². The Labute approximate surface area is 171 Å². The Morgan fingerprint density at radius 1 is 0.552 bits per heavy atom. The molecule has 4 aromatic rings. The van der Waals surface area contributed by atoms with Crippen molar-refractivity contribution in [1.29, 1.82) is 0 Å². The van der Waals surface area contributed by atoms with E-state index in [1.807, 2.05) is 60.7 Å². The number of fused-ring (bicyclic) bond motifs is 2. The fourth-order valence-electron chi connectivity index (χ4n) is 3.89. The first-order valence-corrected chi connectivity index (χ1v) is 10.1. The Bertz CT molecular complexity index is 991. The average Bonchev–Trinajstić information content (AvgIpc) is 2.77. The van der Waals surface area contributed by atoms with Gasteiger partial charge in [0.2, 0.25) is 0 Å². The van der Waals surface area contributed by atoms with Gasteiger partial charge in [-0.25, -0.2) is 0 Å². The molecule has 29 heavy (non-hydrogen) atoms. The van der Waals surface area contributed by atoms with Gasteiger partial charge in [-0.05, 0) is 32.7 Å². The number of ether oxygens (including phenoxy) is 1. The predicted molar refractivity (Wildman–Crippen MR) is 118 cm³/mol. The molecule has 3 heteroatoms. The second-order valence-corrected chi connectivity index (χ2v) is 7.36. The maximum absolute atomic E-state index is 10.6. The lowest BCUT2D eigenvalue weighted by Crippen LogP contribution is -2.07. The monoisotopic (exact) mass is 386 g/mol. The van der Waals surface area contributed by atoms with Crippen molar-refractivity contribution in [2.75, 3.05) is 13.2 Å². The molecule has 0 heterocycles. The van der Waals surface area contributed by atoms with Crippen LogP contribution in [0, 0.1) is 0 Å². The van der Waals surface area contributed by atoms with Gasteiger partial charge in [0.05, 0.1) is 12.2 Å². The number of hydrogen-bond acceptors (Lipinski definition) is 3. The van der Waals surface area contributed by atoms with E-state index in [1.54, 1.807) is 0 Å². The number of hydrogen-bond donors (Lipinski definition) is 2. The van der Waals surface area contributed by atoms with Crippen molar-refractivity contribution in [3.05, 3.63) is 96.1 Å². The number of aliphatic hydroxyl groups is 2. The van der Waals surface area contributed by atoms with Crippen LogP contribution in [0.5, 0.6) is 0 Å². The van der Waals surface area contributed by atoms with Gasteiger partial charge in [0, 0.05) is 26.1 Å². The molecule has 0 saturated carbocycles. The van der Waals surface area contributed by atoms with Crippen LogP contribution in [-0.2, 0) is 4.74 Å². The molecule has 0 spiro atoms. The molecule has 0 aliphatic heterocycles. The highest BCUT2D eigenvalue weighted by Crippen LogP contribution is 2.27. The second kappa shape index (κ2) is 9.19. The van der Waals surface area contributed by atoms with Gasteiger partial charge in [-0.3, -0.25) is 0 Å². The van der Waals surface area contributed by atoms with E-state index in [1.165, 1.54) is 0 Å². The molecule has 0 radical (unpaired) electrons. The van der Waals surface area contributed by atoms with Crippen molar-refractivity contribution < 1.29 is 14.9 Å². The Hall–Kier alpha value is -2.72. The first-order chi connectivity index (χ1) is 14.2. The third kappa shape index (κ3) is 4.48.